The average Bonchev–Trinajstić information content (AvgIpc) is 1.88. The predicted molar refractivity (Wildman–Crippen MR) is 40.6 cm³/mol. The largest absolute Gasteiger partial charge is 0.316 e. The Labute approximate surface area is 67.2 Å². The van der Waals surface area contributed by atoms with E-state index < -0.39 is 0 Å². The highest BCUT2D eigenvalue weighted by Gasteiger charge is 1.91. The monoisotopic (exact) mass is 202 g/mol. The molecule has 0 fully saturated rings. The summed E-state index contributed by atoms with van der Waals surface area (Å²) in [6.07, 6.45) is 0. The van der Waals surface area contributed by atoms with Crippen LogP contribution in [0.15, 0.2) is 22.8 Å². The molecular weight excluding hydrogens is 196 g/mol. The highest BCUT2D eigenvalue weighted by Crippen LogP contribution is 2.05. The van der Waals surface area contributed by atoms with Crippen LogP contribution in [0.4, 0.5) is 0 Å². The van der Waals surface area contributed by atoms with Crippen molar-refractivity contribution in [3.63, 3.8) is 0 Å². The molecule has 1 aromatic rings. The SMILES string of the molecule is ONCc1cccc(Br)n1. The van der Waals surface area contributed by atoms with Crippen molar-refractivity contribution in [2.24, 2.45) is 0 Å². The molecule has 2 N–H and O–H groups in total. The minimum atomic E-state index is 0.374. The van der Waals surface area contributed by atoms with Crippen LogP contribution in [0, 0.1) is 0 Å². The standard InChI is InChI=1S/C6H7BrN2O/c7-6-3-1-2-5(9-6)4-8-10/h1-3,8,10H,4H2. The number of rotatable bonds is 2. The lowest BCUT2D eigenvalue weighted by molar-refractivity contribution is 0.160. The summed E-state index contributed by atoms with van der Waals surface area (Å²) in [5.41, 5.74) is 2.83. The summed E-state index contributed by atoms with van der Waals surface area (Å²) in [6.45, 7) is 0.374. The third kappa shape index (κ3) is 2.06. The van der Waals surface area contributed by atoms with Crippen molar-refractivity contribution in [2.45, 2.75) is 6.54 Å². The number of hydrogen-bond acceptors (Lipinski definition) is 3. The summed E-state index contributed by atoms with van der Waals surface area (Å²) in [7, 11) is 0. The first-order valence-corrected chi connectivity index (χ1v) is 3.60. The van der Waals surface area contributed by atoms with Crippen LogP contribution in [-0.2, 0) is 6.54 Å². The summed E-state index contributed by atoms with van der Waals surface area (Å²) in [5.74, 6) is 0. The maximum atomic E-state index is 8.31. The smallest absolute Gasteiger partial charge is 0.106 e. The van der Waals surface area contributed by atoms with Gasteiger partial charge in [-0.25, -0.2) is 4.98 Å². The Morgan fingerprint density at radius 3 is 3.00 bits per heavy atom. The van der Waals surface area contributed by atoms with Crippen molar-refractivity contribution in [1.29, 1.82) is 0 Å². The third-order valence-electron chi connectivity index (χ3n) is 1.03. The Balaban J connectivity index is 2.75. The summed E-state index contributed by atoms with van der Waals surface area (Å²) >= 11 is 3.21. The van der Waals surface area contributed by atoms with E-state index in [-0.39, 0.29) is 0 Å². The lowest BCUT2D eigenvalue weighted by atomic mass is 10.4. The van der Waals surface area contributed by atoms with Gasteiger partial charge in [0.05, 0.1) is 12.2 Å². The maximum Gasteiger partial charge on any atom is 0.106 e. The fraction of sp³-hybridized carbons (Fsp3) is 0.167. The molecule has 1 heterocycles. The molecule has 1 rings (SSSR count). The molecule has 0 unspecified atom stereocenters. The number of halogens is 1. The molecule has 0 aliphatic rings. The van der Waals surface area contributed by atoms with E-state index in [1.165, 1.54) is 0 Å². The van der Waals surface area contributed by atoms with Gasteiger partial charge in [-0.3, -0.25) is 0 Å². The predicted octanol–water partition coefficient (Wildman–Crippen LogP) is 1.32. The molecule has 0 bridgehead atoms. The normalized spacial score (nSPS) is 9.80. The van der Waals surface area contributed by atoms with Crippen LogP contribution in [-0.4, -0.2) is 10.2 Å². The lowest BCUT2D eigenvalue weighted by Gasteiger charge is -1.96. The van der Waals surface area contributed by atoms with Gasteiger partial charge in [0.25, 0.3) is 0 Å². The van der Waals surface area contributed by atoms with E-state index >= 15 is 0 Å². The topological polar surface area (TPSA) is 45.1 Å². The van der Waals surface area contributed by atoms with Crippen LogP contribution in [0.2, 0.25) is 0 Å². The van der Waals surface area contributed by atoms with Crippen molar-refractivity contribution in [3.8, 4) is 0 Å². The molecule has 10 heavy (non-hydrogen) atoms. The molecular formula is C6H7BrN2O. The summed E-state index contributed by atoms with van der Waals surface area (Å²) in [4.78, 5) is 4.06. The fourth-order valence-corrected chi connectivity index (χ4v) is 1.01. The molecule has 0 radical (unpaired) electrons. The molecule has 0 aromatic carbocycles. The van der Waals surface area contributed by atoms with Crippen molar-refractivity contribution in [2.75, 3.05) is 0 Å². The van der Waals surface area contributed by atoms with Gasteiger partial charge < -0.3 is 5.21 Å². The van der Waals surface area contributed by atoms with Crippen molar-refractivity contribution < 1.29 is 5.21 Å². The van der Waals surface area contributed by atoms with Gasteiger partial charge in [-0.2, -0.15) is 5.48 Å². The van der Waals surface area contributed by atoms with E-state index in [0.29, 0.717) is 6.54 Å². The van der Waals surface area contributed by atoms with E-state index in [1.807, 2.05) is 23.7 Å². The Morgan fingerprint density at radius 2 is 2.40 bits per heavy atom. The zero-order valence-electron chi connectivity index (χ0n) is 5.21. The van der Waals surface area contributed by atoms with Crippen LogP contribution in [0.3, 0.4) is 0 Å². The molecule has 0 atom stereocenters. The molecule has 4 heteroatoms. The first-order valence-electron chi connectivity index (χ1n) is 2.81. The van der Waals surface area contributed by atoms with E-state index in [1.54, 1.807) is 0 Å². The van der Waals surface area contributed by atoms with Crippen molar-refractivity contribution in [3.05, 3.63) is 28.5 Å². The Bertz CT molecular complexity index is 217. The van der Waals surface area contributed by atoms with Gasteiger partial charge in [0.15, 0.2) is 0 Å². The minimum absolute atomic E-state index is 0.374. The molecule has 0 aliphatic carbocycles. The number of nitrogens with zero attached hydrogens (tertiary/aromatic N) is 1. The second-order valence-corrected chi connectivity index (χ2v) is 2.60. The maximum absolute atomic E-state index is 8.31. The average molecular weight is 203 g/mol. The highest BCUT2D eigenvalue weighted by molar-refractivity contribution is 9.10. The Kier molecular flexibility index (Phi) is 2.80. The molecule has 0 saturated carbocycles. The van der Waals surface area contributed by atoms with Crippen molar-refractivity contribution in [1.82, 2.24) is 10.5 Å². The highest BCUT2D eigenvalue weighted by atomic mass is 79.9. The molecule has 0 spiro atoms. The number of aromatic nitrogens is 1. The molecule has 0 aliphatic heterocycles. The Hall–Kier alpha value is -0.450. The molecule has 0 amide bonds. The minimum Gasteiger partial charge on any atom is -0.316 e. The Morgan fingerprint density at radius 1 is 1.60 bits per heavy atom. The number of hydrogen-bond donors (Lipinski definition) is 2. The summed E-state index contributed by atoms with van der Waals surface area (Å²) < 4.78 is 0.778. The van der Waals surface area contributed by atoms with Gasteiger partial charge in [0.1, 0.15) is 4.60 Å². The van der Waals surface area contributed by atoms with E-state index in [0.717, 1.165) is 10.3 Å². The van der Waals surface area contributed by atoms with Gasteiger partial charge in [0.2, 0.25) is 0 Å². The molecule has 1 aromatic heterocycles. The lowest BCUT2D eigenvalue weighted by Crippen LogP contribution is -2.07. The van der Waals surface area contributed by atoms with Crippen LogP contribution >= 0.6 is 15.9 Å². The van der Waals surface area contributed by atoms with E-state index in [9.17, 15) is 0 Å². The number of hydroxylamine groups is 1. The van der Waals surface area contributed by atoms with Gasteiger partial charge in [-0.15, -0.1) is 0 Å². The van der Waals surface area contributed by atoms with Crippen LogP contribution < -0.4 is 5.48 Å². The first-order chi connectivity index (χ1) is 4.83. The third-order valence-corrected chi connectivity index (χ3v) is 1.47. The van der Waals surface area contributed by atoms with Crippen LogP contribution in [0.25, 0.3) is 0 Å². The number of nitrogens with one attached hydrogen (secondary N) is 1. The van der Waals surface area contributed by atoms with Gasteiger partial charge >= 0.3 is 0 Å². The van der Waals surface area contributed by atoms with Gasteiger partial charge in [-0.1, -0.05) is 6.07 Å². The zero-order chi connectivity index (χ0) is 7.40. The second-order valence-electron chi connectivity index (χ2n) is 1.79. The summed E-state index contributed by atoms with van der Waals surface area (Å²) in [5, 5.41) is 8.31. The molecule has 3 nitrogen and oxygen atoms in total. The van der Waals surface area contributed by atoms with Gasteiger partial charge in [-0.05, 0) is 28.1 Å². The fourth-order valence-electron chi connectivity index (χ4n) is 0.630. The van der Waals surface area contributed by atoms with E-state index in [2.05, 4.69) is 20.9 Å². The van der Waals surface area contributed by atoms with Gasteiger partial charge in [0, 0.05) is 0 Å². The second kappa shape index (κ2) is 3.65. The van der Waals surface area contributed by atoms with Crippen molar-refractivity contribution >= 4 is 15.9 Å². The quantitative estimate of drug-likeness (QED) is 0.562. The number of pyridine rings is 1. The summed E-state index contributed by atoms with van der Waals surface area (Å²) in [6, 6.07) is 5.53. The van der Waals surface area contributed by atoms with Crippen LogP contribution in [0.1, 0.15) is 5.69 Å². The van der Waals surface area contributed by atoms with E-state index in [4.69, 9.17) is 5.21 Å². The molecule has 54 valence electrons. The van der Waals surface area contributed by atoms with Crippen LogP contribution in [0.5, 0.6) is 0 Å². The first kappa shape index (κ1) is 7.65. The molecule has 0 saturated heterocycles. The zero-order valence-corrected chi connectivity index (χ0v) is 6.80.